The Bertz CT molecular complexity index is 434. The van der Waals surface area contributed by atoms with Crippen molar-refractivity contribution in [3.8, 4) is 0 Å². The van der Waals surface area contributed by atoms with Crippen LogP contribution in [0.4, 0.5) is 0 Å². The fourth-order valence-electron chi connectivity index (χ4n) is 1.62. The number of carbonyl (C=O) groups is 2. The Morgan fingerprint density at radius 1 is 1.33 bits per heavy atom. The van der Waals surface area contributed by atoms with E-state index in [9.17, 15) is 9.59 Å². The SMILES string of the molecule is C[C@@H](C[CH]C(=O)NCCCOCc1ccccc1)C(N)=O. The molecule has 0 saturated carbocycles. The molecule has 0 bridgehead atoms. The van der Waals surface area contributed by atoms with Gasteiger partial charge in [-0.15, -0.1) is 0 Å². The summed E-state index contributed by atoms with van der Waals surface area (Å²) in [4.78, 5) is 22.3. The predicted octanol–water partition coefficient (Wildman–Crippen LogP) is 1.43. The summed E-state index contributed by atoms with van der Waals surface area (Å²) >= 11 is 0. The molecule has 0 fully saturated rings. The number of rotatable bonds is 10. The number of hydrogen-bond donors (Lipinski definition) is 2. The van der Waals surface area contributed by atoms with Crippen LogP contribution in [0.1, 0.15) is 25.3 Å². The number of hydrogen-bond acceptors (Lipinski definition) is 3. The zero-order valence-electron chi connectivity index (χ0n) is 12.4. The van der Waals surface area contributed by atoms with E-state index in [2.05, 4.69) is 5.32 Å². The maximum Gasteiger partial charge on any atom is 0.223 e. The van der Waals surface area contributed by atoms with Crippen molar-refractivity contribution >= 4 is 11.8 Å². The molecule has 2 amide bonds. The summed E-state index contributed by atoms with van der Waals surface area (Å²) in [5.74, 6) is -0.885. The third-order valence-electron chi connectivity index (χ3n) is 3.02. The van der Waals surface area contributed by atoms with Crippen LogP contribution in [0.15, 0.2) is 30.3 Å². The van der Waals surface area contributed by atoms with E-state index in [-0.39, 0.29) is 11.8 Å². The minimum absolute atomic E-state index is 0.175. The molecule has 1 rings (SSSR count). The van der Waals surface area contributed by atoms with Gasteiger partial charge < -0.3 is 15.8 Å². The monoisotopic (exact) mass is 291 g/mol. The van der Waals surface area contributed by atoms with Gasteiger partial charge in [-0.2, -0.15) is 0 Å². The first-order valence-electron chi connectivity index (χ1n) is 7.11. The first-order chi connectivity index (χ1) is 10.1. The van der Waals surface area contributed by atoms with Gasteiger partial charge in [-0.25, -0.2) is 0 Å². The molecule has 5 nitrogen and oxygen atoms in total. The van der Waals surface area contributed by atoms with Gasteiger partial charge in [0, 0.05) is 19.1 Å². The predicted molar refractivity (Wildman–Crippen MR) is 81.0 cm³/mol. The Labute approximate surface area is 125 Å². The van der Waals surface area contributed by atoms with Crippen molar-refractivity contribution in [3.05, 3.63) is 42.3 Å². The maximum atomic E-state index is 11.5. The molecule has 3 N–H and O–H groups in total. The van der Waals surface area contributed by atoms with Crippen LogP contribution in [0, 0.1) is 12.3 Å². The van der Waals surface area contributed by atoms with E-state index in [1.54, 1.807) is 6.92 Å². The highest BCUT2D eigenvalue weighted by Gasteiger charge is 2.11. The Kier molecular flexibility index (Phi) is 8.12. The Morgan fingerprint density at radius 2 is 2.05 bits per heavy atom. The lowest BCUT2D eigenvalue weighted by Crippen LogP contribution is -2.28. The molecule has 0 unspecified atom stereocenters. The van der Waals surface area contributed by atoms with E-state index >= 15 is 0 Å². The van der Waals surface area contributed by atoms with Crippen molar-refractivity contribution in [2.24, 2.45) is 11.7 Å². The average molecular weight is 291 g/mol. The molecule has 0 aliphatic heterocycles. The fourth-order valence-corrected chi connectivity index (χ4v) is 1.62. The molecule has 5 heteroatoms. The van der Waals surface area contributed by atoms with Gasteiger partial charge >= 0.3 is 0 Å². The highest BCUT2D eigenvalue weighted by Crippen LogP contribution is 2.03. The van der Waals surface area contributed by atoms with Gasteiger partial charge in [0.05, 0.1) is 13.0 Å². The van der Waals surface area contributed by atoms with Gasteiger partial charge in [0.25, 0.3) is 0 Å². The second-order valence-corrected chi connectivity index (χ2v) is 4.93. The van der Waals surface area contributed by atoms with E-state index in [1.807, 2.05) is 30.3 Å². The number of benzene rings is 1. The molecular weight excluding hydrogens is 268 g/mol. The number of amides is 2. The third kappa shape index (κ3) is 8.09. The summed E-state index contributed by atoms with van der Waals surface area (Å²) in [6.07, 6.45) is 2.57. The average Bonchev–Trinajstić information content (AvgIpc) is 2.49. The molecule has 1 radical (unpaired) electrons. The lowest BCUT2D eigenvalue weighted by molar-refractivity contribution is -0.121. The minimum Gasteiger partial charge on any atom is -0.377 e. The summed E-state index contributed by atoms with van der Waals surface area (Å²) in [6.45, 7) is 3.42. The quantitative estimate of drug-likeness (QED) is 0.640. The van der Waals surface area contributed by atoms with Crippen molar-refractivity contribution in [3.63, 3.8) is 0 Å². The Balaban J connectivity index is 1.98. The van der Waals surface area contributed by atoms with E-state index < -0.39 is 5.91 Å². The highest BCUT2D eigenvalue weighted by molar-refractivity contribution is 5.85. The van der Waals surface area contributed by atoms with E-state index in [0.29, 0.717) is 26.2 Å². The van der Waals surface area contributed by atoms with Crippen LogP contribution in [-0.4, -0.2) is 25.0 Å². The molecule has 0 saturated heterocycles. The smallest absolute Gasteiger partial charge is 0.223 e. The molecule has 0 spiro atoms. The standard InChI is InChI=1S/C16H23N2O3/c1-13(16(17)20)8-9-15(19)18-10-5-11-21-12-14-6-3-2-4-7-14/h2-4,6-7,9,13H,5,8,10-12H2,1H3,(H2,17,20)(H,18,19)/t13-/m0/s1. The van der Waals surface area contributed by atoms with E-state index in [1.165, 1.54) is 6.42 Å². The summed E-state index contributed by atoms with van der Waals surface area (Å²) in [7, 11) is 0. The van der Waals surface area contributed by atoms with Crippen LogP contribution >= 0.6 is 0 Å². The number of carbonyl (C=O) groups excluding carboxylic acids is 2. The van der Waals surface area contributed by atoms with Crippen LogP contribution in [0.25, 0.3) is 0 Å². The zero-order valence-corrected chi connectivity index (χ0v) is 12.4. The number of ether oxygens (including phenoxy) is 1. The summed E-state index contributed by atoms with van der Waals surface area (Å²) in [6, 6.07) is 9.94. The second-order valence-electron chi connectivity index (χ2n) is 4.93. The Morgan fingerprint density at radius 3 is 2.71 bits per heavy atom. The van der Waals surface area contributed by atoms with Crippen LogP contribution in [-0.2, 0) is 20.9 Å². The molecule has 0 heterocycles. The normalized spacial score (nSPS) is 11.9. The number of nitrogens with one attached hydrogen (secondary N) is 1. The van der Waals surface area contributed by atoms with Gasteiger partial charge in [-0.1, -0.05) is 37.3 Å². The van der Waals surface area contributed by atoms with E-state index in [4.69, 9.17) is 10.5 Å². The van der Waals surface area contributed by atoms with Crippen LogP contribution in [0.2, 0.25) is 0 Å². The van der Waals surface area contributed by atoms with Gasteiger partial charge in [-0.05, 0) is 18.4 Å². The van der Waals surface area contributed by atoms with Crippen molar-refractivity contribution in [2.75, 3.05) is 13.2 Å². The van der Waals surface area contributed by atoms with E-state index in [0.717, 1.165) is 12.0 Å². The van der Waals surface area contributed by atoms with Crippen LogP contribution in [0.5, 0.6) is 0 Å². The van der Waals surface area contributed by atoms with Gasteiger partial charge in [-0.3, -0.25) is 9.59 Å². The summed E-state index contributed by atoms with van der Waals surface area (Å²) in [5.41, 5.74) is 6.25. The van der Waals surface area contributed by atoms with Crippen LogP contribution in [0.3, 0.4) is 0 Å². The Hall–Kier alpha value is -1.88. The van der Waals surface area contributed by atoms with Crippen molar-refractivity contribution < 1.29 is 14.3 Å². The van der Waals surface area contributed by atoms with Gasteiger partial charge in [0.15, 0.2) is 0 Å². The molecule has 0 aliphatic carbocycles. The molecule has 0 aliphatic rings. The summed E-state index contributed by atoms with van der Waals surface area (Å²) < 4.78 is 5.51. The summed E-state index contributed by atoms with van der Waals surface area (Å²) in [5, 5.41) is 2.75. The third-order valence-corrected chi connectivity index (χ3v) is 3.02. The second kappa shape index (κ2) is 9.94. The molecule has 1 aromatic rings. The first-order valence-corrected chi connectivity index (χ1v) is 7.11. The molecule has 1 aromatic carbocycles. The lowest BCUT2D eigenvalue weighted by atomic mass is 10.1. The first kappa shape index (κ1) is 17.2. The highest BCUT2D eigenvalue weighted by atomic mass is 16.5. The molecule has 1 atom stereocenters. The van der Waals surface area contributed by atoms with Crippen molar-refractivity contribution in [2.45, 2.75) is 26.4 Å². The number of primary amides is 1. The van der Waals surface area contributed by atoms with Gasteiger partial charge in [0.2, 0.25) is 11.8 Å². The number of nitrogens with two attached hydrogens (primary N) is 1. The molecule has 0 aromatic heterocycles. The topological polar surface area (TPSA) is 81.4 Å². The lowest BCUT2D eigenvalue weighted by Gasteiger charge is -2.08. The molecule has 21 heavy (non-hydrogen) atoms. The van der Waals surface area contributed by atoms with Crippen molar-refractivity contribution in [1.82, 2.24) is 5.32 Å². The largest absolute Gasteiger partial charge is 0.377 e. The fraction of sp³-hybridized carbons (Fsp3) is 0.438. The van der Waals surface area contributed by atoms with Gasteiger partial charge in [0.1, 0.15) is 0 Å². The minimum atomic E-state index is -0.395. The zero-order chi connectivity index (χ0) is 15.5. The molecule has 115 valence electrons. The van der Waals surface area contributed by atoms with Crippen LogP contribution < -0.4 is 11.1 Å². The van der Waals surface area contributed by atoms with Crippen molar-refractivity contribution in [1.29, 1.82) is 0 Å². The molecular formula is C16H23N2O3. The maximum absolute atomic E-state index is 11.5.